The quantitative estimate of drug-likeness (QED) is 0.721. The third-order valence-corrected chi connectivity index (χ3v) is 4.24. The Kier molecular flexibility index (Phi) is 3.30. The van der Waals surface area contributed by atoms with Crippen molar-refractivity contribution in [2.45, 2.75) is 12.8 Å². The summed E-state index contributed by atoms with van der Waals surface area (Å²) < 4.78 is 21.3. The van der Waals surface area contributed by atoms with E-state index in [4.69, 9.17) is 17.0 Å². The molecule has 23 heavy (non-hydrogen) atoms. The Hall–Kier alpha value is -2.41. The Balaban J connectivity index is 1.77. The Morgan fingerprint density at radius 3 is 2.91 bits per heavy atom. The van der Waals surface area contributed by atoms with E-state index in [-0.39, 0.29) is 16.0 Å². The number of ether oxygens (including phenoxy) is 1. The Morgan fingerprint density at radius 2 is 2.17 bits per heavy atom. The maximum Gasteiger partial charge on any atom is 0.283 e. The lowest BCUT2D eigenvalue weighted by Gasteiger charge is -2.10. The molecule has 0 amide bonds. The van der Waals surface area contributed by atoms with Crippen LogP contribution >= 0.6 is 12.2 Å². The van der Waals surface area contributed by atoms with Crippen LogP contribution < -0.4 is 10.3 Å². The monoisotopic (exact) mass is 331 g/mol. The van der Waals surface area contributed by atoms with E-state index < -0.39 is 5.82 Å². The predicted octanol–water partition coefficient (Wildman–Crippen LogP) is 3.30. The lowest BCUT2D eigenvalue weighted by molar-refractivity contribution is 0.298. The summed E-state index contributed by atoms with van der Waals surface area (Å²) in [4.78, 5) is 18.3. The number of nitrogens with zero attached hydrogens (tertiary/aromatic N) is 1. The van der Waals surface area contributed by atoms with E-state index >= 15 is 0 Å². The molecule has 1 fully saturated rings. The fourth-order valence-corrected chi connectivity index (χ4v) is 2.79. The van der Waals surface area contributed by atoms with Crippen molar-refractivity contribution in [2.75, 3.05) is 6.61 Å². The molecule has 1 aliphatic carbocycles. The molecule has 0 radical (unpaired) electrons. The third-order valence-electron chi connectivity index (χ3n) is 3.95. The number of nitrogens with one attached hydrogen (secondary N) is 2. The maximum atomic E-state index is 14.5. The van der Waals surface area contributed by atoms with E-state index in [1.165, 1.54) is 25.0 Å². The highest BCUT2D eigenvalue weighted by Gasteiger charge is 2.22. The molecule has 0 aliphatic heterocycles. The van der Waals surface area contributed by atoms with Gasteiger partial charge in [0.2, 0.25) is 0 Å². The van der Waals surface area contributed by atoms with E-state index in [1.807, 2.05) is 0 Å². The highest BCUT2D eigenvalue weighted by molar-refractivity contribution is 7.71. The van der Waals surface area contributed by atoms with Crippen LogP contribution in [0.15, 0.2) is 35.3 Å². The Bertz CT molecular complexity index is 1000. The maximum absolute atomic E-state index is 14.5. The molecule has 0 bridgehead atoms. The molecule has 7 heteroatoms. The minimum atomic E-state index is -0.550. The summed E-state index contributed by atoms with van der Waals surface area (Å²) in [6.45, 7) is 0.604. The summed E-state index contributed by atoms with van der Waals surface area (Å²) in [5, 5.41) is 0. The van der Waals surface area contributed by atoms with Gasteiger partial charge in [0.15, 0.2) is 10.6 Å². The van der Waals surface area contributed by atoms with Crippen LogP contribution in [0.25, 0.3) is 16.7 Å². The zero-order valence-electron chi connectivity index (χ0n) is 12.1. The normalized spacial score (nSPS) is 14.3. The van der Waals surface area contributed by atoms with Crippen molar-refractivity contribution in [3.63, 3.8) is 0 Å². The predicted molar refractivity (Wildman–Crippen MR) is 87.3 cm³/mol. The smallest absolute Gasteiger partial charge is 0.283 e. The van der Waals surface area contributed by atoms with Crippen molar-refractivity contribution in [3.05, 3.63) is 51.4 Å². The van der Waals surface area contributed by atoms with Crippen LogP contribution in [0.4, 0.5) is 4.39 Å². The third kappa shape index (κ3) is 2.57. The lowest BCUT2D eigenvalue weighted by Crippen LogP contribution is -2.21. The Morgan fingerprint density at radius 1 is 1.35 bits per heavy atom. The summed E-state index contributed by atoms with van der Waals surface area (Å²) in [6.07, 6.45) is 3.97. The molecule has 3 aromatic rings. The molecule has 5 nitrogen and oxygen atoms in total. The van der Waals surface area contributed by atoms with Gasteiger partial charge in [-0.1, -0.05) is 0 Å². The lowest BCUT2D eigenvalue weighted by atomic mass is 10.2. The van der Waals surface area contributed by atoms with Gasteiger partial charge >= 0.3 is 0 Å². The first-order valence-corrected chi connectivity index (χ1v) is 7.79. The first kappa shape index (κ1) is 14.2. The van der Waals surface area contributed by atoms with E-state index in [1.54, 1.807) is 18.3 Å². The molecule has 118 valence electrons. The molecule has 1 saturated carbocycles. The number of hydrogen-bond donors (Lipinski definition) is 2. The highest BCUT2D eigenvalue weighted by Crippen LogP contribution is 2.30. The van der Waals surface area contributed by atoms with E-state index in [9.17, 15) is 9.18 Å². The van der Waals surface area contributed by atoms with Crippen LogP contribution in [0.3, 0.4) is 0 Å². The topological polar surface area (TPSA) is 62.8 Å². The van der Waals surface area contributed by atoms with Gasteiger partial charge in [0.25, 0.3) is 5.56 Å². The van der Waals surface area contributed by atoms with Gasteiger partial charge in [-0.15, -0.1) is 0 Å². The van der Waals surface area contributed by atoms with Crippen LogP contribution in [0, 0.1) is 16.5 Å². The van der Waals surface area contributed by atoms with Crippen LogP contribution in [0.1, 0.15) is 12.8 Å². The van der Waals surface area contributed by atoms with Gasteiger partial charge in [0, 0.05) is 12.3 Å². The molecule has 2 heterocycles. The summed E-state index contributed by atoms with van der Waals surface area (Å²) in [6, 6.07) is 6.16. The Labute approximate surface area is 135 Å². The summed E-state index contributed by atoms with van der Waals surface area (Å²) in [5.41, 5.74) is 0.666. The second kappa shape index (κ2) is 5.34. The number of hydrogen-bond acceptors (Lipinski definition) is 3. The molecule has 1 aliphatic rings. The fourth-order valence-electron chi connectivity index (χ4n) is 2.50. The molecular formula is C16H14FN3O2S. The zero-order valence-corrected chi connectivity index (χ0v) is 13.0. The molecule has 0 saturated heterocycles. The second-order valence-electron chi connectivity index (χ2n) is 5.70. The van der Waals surface area contributed by atoms with Crippen molar-refractivity contribution in [2.24, 2.45) is 5.92 Å². The van der Waals surface area contributed by atoms with Crippen molar-refractivity contribution in [1.82, 2.24) is 14.5 Å². The molecular weight excluding hydrogens is 317 g/mol. The first-order valence-electron chi connectivity index (χ1n) is 7.38. The highest BCUT2D eigenvalue weighted by atomic mass is 32.1. The van der Waals surface area contributed by atoms with Gasteiger partial charge in [-0.25, -0.2) is 8.96 Å². The number of benzene rings is 1. The molecule has 0 atom stereocenters. The number of fused-ring (bicyclic) bond motifs is 1. The van der Waals surface area contributed by atoms with Crippen LogP contribution in [-0.2, 0) is 0 Å². The van der Waals surface area contributed by atoms with Crippen LogP contribution in [0.5, 0.6) is 5.75 Å². The summed E-state index contributed by atoms with van der Waals surface area (Å²) in [7, 11) is 0. The molecule has 4 rings (SSSR count). The largest absolute Gasteiger partial charge is 0.493 e. The van der Waals surface area contributed by atoms with Gasteiger partial charge in [-0.3, -0.25) is 4.79 Å². The first-order chi connectivity index (χ1) is 11.1. The van der Waals surface area contributed by atoms with Crippen LogP contribution in [-0.4, -0.2) is 21.1 Å². The standard InChI is InChI=1S/C16H14FN3O2S/c17-11-7-10(22-8-9-1-2-9)3-4-13(11)20-15(21)14-12(5-6-18-14)19-16(20)23/h3-7,9,18H,1-2,8H2,(H,19,23). The number of halogens is 1. The van der Waals surface area contributed by atoms with Gasteiger partial charge in [0.1, 0.15) is 11.3 Å². The number of aromatic amines is 2. The van der Waals surface area contributed by atoms with Gasteiger partial charge in [-0.05, 0) is 49.2 Å². The van der Waals surface area contributed by atoms with Crippen molar-refractivity contribution < 1.29 is 9.13 Å². The average Bonchev–Trinajstić information content (AvgIpc) is 3.24. The molecule has 2 aromatic heterocycles. The van der Waals surface area contributed by atoms with Gasteiger partial charge < -0.3 is 14.7 Å². The summed E-state index contributed by atoms with van der Waals surface area (Å²) >= 11 is 5.20. The SMILES string of the molecule is O=c1c2[nH]ccc2[nH]c(=S)n1-c1ccc(OCC2CC2)cc1F. The molecule has 2 N–H and O–H groups in total. The molecule has 1 aromatic carbocycles. The molecule has 0 unspecified atom stereocenters. The summed E-state index contributed by atoms with van der Waals surface area (Å²) in [5.74, 6) is 0.498. The van der Waals surface area contributed by atoms with E-state index in [0.29, 0.717) is 29.3 Å². The van der Waals surface area contributed by atoms with Gasteiger partial charge in [0.05, 0.1) is 17.8 Å². The molecule has 0 spiro atoms. The number of rotatable bonds is 4. The van der Waals surface area contributed by atoms with Crippen molar-refractivity contribution in [1.29, 1.82) is 0 Å². The van der Waals surface area contributed by atoms with Crippen molar-refractivity contribution >= 4 is 23.3 Å². The van der Waals surface area contributed by atoms with E-state index in [2.05, 4.69) is 9.97 Å². The minimum absolute atomic E-state index is 0.103. The zero-order chi connectivity index (χ0) is 16.0. The van der Waals surface area contributed by atoms with Crippen LogP contribution in [0.2, 0.25) is 0 Å². The fraction of sp³-hybridized carbons (Fsp3) is 0.250. The van der Waals surface area contributed by atoms with Gasteiger partial charge in [-0.2, -0.15) is 0 Å². The number of H-pyrrole nitrogens is 2. The second-order valence-corrected chi connectivity index (χ2v) is 6.09. The minimum Gasteiger partial charge on any atom is -0.493 e. The van der Waals surface area contributed by atoms with Crippen molar-refractivity contribution in [3.8, 4) is 11.4 Å². The average molecular weight is 331 g/mol. The number of aromatic nitrogens is 3. The van der Waals surface area contributed by atoms with E-state index in [0.717, 1.165) is 4.57 Å².